The minimum absolute atomic E-state index is 0.169. The summed E-state index contributed by atoms with van der Waals surface area (Å²) in [5, 5.41) is 4.04. The van der Waals surface area contributed by atoms with Crippen molar-refractivity contribution in [2.75, 3.05) is 16.8 Å². The minimum atomic E-state index is -0.355. The van der Waals surface area contributed by atoms with Gasteiger partial charge in [-0.25, -0.2) is 0 Å². The van der Waals surface area contributed by atoms with E-state index in [-0.39, 0.29) is 18.4 Å². The Kier molecular flexibility index (Phi) is 6.10. The van der Waals surface area contributed by atoms with E-state index in [0.29, 0.717) is 26.4 Å². The maximum Gasteiger partial charge on any atom is 0.244 e. The van der Waals surface area contributed by atoms with Crippen molar-refractivity contribution >= 4 is 58.0 Å². The molecule has 2 aromatic carbocycles. The topological polar surface area (TPSA) is 49.4 Å². The van der Waals surface area contributed by atoms with Crippen LogP contribution in [0.15, 0.2) is 36.4 Å². The Balaban J connectivity index is 2.20. The van der Waals surface area contributed by atoms with Gasteiger partial charge < -0.3 is 10.2 Å². The lowest BCUT2D eigenvalue weighted by molar-refractivity contribution is -0.120. The van der Waals surface area contributed by atoms with Gasteiger partial charge in [-0.15, -0.1) is 0 Å². The van der Waals surface area contributed by atoms with Crippen molar-refractivity contribution in [3.63, 3.8) is 0 Å². The number of hydrogen-bond acceptors (Lipinski definition) is 2. The molecule has 1 N–H and O–H groups in total. The third-order valence-corrected chi connectivity index (χ3v) is 3.99. The van der Waals surface area contributed by atoms with Crippen LogP contribution in [0.3, 0.4) is 0 Å². The highest BCUT2D eigenvalue weighted by Crippen LogP contribution is 2.26. The van der Waals surface area contributed by atoms with E-state index < -0.39 is 0 Å². The summed E-state index contributed by atoms with van der Waals surface area (Å²) in [6.07, 6.45) is 0. The average Bonchev–Trinajstić information content (AvgIpc) is 2.47. The normalized spacial score (nSPS) is 10.4. The van der Waals surface area contributed by atoms with E-state index in [1.165, 1.54) is 11.8 Å². The number of amides is 2. The zero-order valence-electron chi connectivity index (χ0n) is 13.1. The molecule has 0 atom stereocenters. The van der Waals surface area contributed by atoms with Crippen LogP contribution in [0.1, 0.15) is 12.5 Å². The van der Waals surface area contributed by atoms with E-state index in [1.54, 1.807) is 36.4 Å². The lowest BCUT2D eigenvalue weighted by Gasteiger charge is -2.21. The van der Waals surface area contributed by atoms with Crippen molar-refractivity contribution in [2.24, 2.45) is 0 Å². The van der Waals surface area contributed by atoms with Crippen LogP contribution < -0.4 is 10.2 Å². The fraction of sp³-hybridized carbons (Fsp3) is 0.176. The molecule has 0 radical (unpaired) electrons. The third-order valence-electron chi connectivity index (χ3n) is 3.31. The van der Waals surface area contributed by atoms with E-state index in [2.05, 4.69) is 5.32 Å². The number of anilines is 2. The SMILES string of the molecule is CC(=O)N(CC(=O)Nc1cc(Cl)ccc1C)c1cc(Cl)cc(Cl)c1. The van der Waals surface area contributed by atoms with Crippen molar-refractivity contribution in [3.8, 4) is 0 Å². The van der Waals surface area contributed by atoms with E-state index in [1.807, 2.05) is 6.92 Å². The van der Waals surface area contributed by atoms with Crippen molar-refractivity contribution in [1.29, 1.82) is 0 Å². The summed E-state index contributed by atoms with van der Waals surface area (Å²) in [5.41, 5.74) is 1.92. The smallest absolute Gasteiger partial charge is 0.244 e. The van der Waals surface area contributed by atoms with Gasteiger partial charge >= 0.3 is 0 Å². The maximum atomic E-state index is 12.3. The molecule has 0 fully saturated rings. The maximum absolute atomic E-state index is 12.3. The lowest BCUT2D eigenvalue weighted by atomic mass is 10.2. The first-order valence-electron chi connectivity index (χ1n) is 7.06. The summed E-state index contributed by atoms with van der Waals surface area (Å²) < 4.78 is 0. The molecule has 2 aromatic rings. The van der Waals surface area contributed by atoms with Gasteiger partial charge in [0.15, 0.2) is 0 Å². The number of carbonyl (C=O) groups is 2. The molecule has 0 bridgehead atoms. The summed E-state index contributed by atoms with van der Waals surface area (Å²) in [6, 6.07) is 9.91. The zero-order valence-corrected chi connectivity index (χ0v) is 15.3. The van der Waals surface area contributed by atoms with Crippen LogP contribution in [0.4, 0.5) is 11.4 Å². The highest BCUT2D eigenvalue weighted by Gasteiger charge is 2.17. The highest BCUT2D eigenvalue weighted by atomic mass is 35.5. The molecular weight excluding hydrogens is 371 g/mol. The molecule has 24 heavy (non-hydrogen) atoms. The summed E-state index contributed by atoms with van der Waals surface area (Å²) in [6.45, 7) is 3.05. The highest BCUT2D eigenvalue weighted by molar-refractivity contribution is 6.35. The first-order valence-corrected chi connectivity index (χ1v) is 8.20. The molecule has 0 aliphatic heterocycles. The molecule has 0 aliphatic rings. The Morgan fingerprint density at radius 3 is 2.21 bits per heavy atom. The average molecular weight is 386 g/mol. The Morgan fingerprint density at radius 1 is 1.00 bits per heavy atom. The number of rotatable bonds is 4. The van der Waals surface area contributed by atoms with Crippen molar-refractivity contribution in [1.82, 2.24) is 0 Å². The predicted octanol–water partition coefficient (Wildman–Crippen LogP) is 4.95. The molecule has 0 heterocycles. The Morgan fingerprint density at radius 2 is 1.62 bits per heavy atom. The van der Waals surface area contributed by atoms with E-state index in [9.17, 15) is 9.59 Å². The van der Waals surface area contributed by atoms with E-state index >= 15 is 0 Å². The van der Waals surface area contributed by atoms with Crippen LogP contribution in [0.2, 0.25) is 15.1 Å². The number of aryl methyl sites for hydroxylation is 1. The number of nitrogens with zero attached hydrogens (tertiary/aromatic N) is 1. The summed E-state index contributed by atoms with van der Waals surface area (Å²) >= 11 is 17.9. The molecule has 0 aromatic heterocycles. The van der Waals surface area contributed by atoms with Gasteiger partial charge in [-0.05, 0) is 42.8 Å². The van der Waals surface area contributed by atoms with E-state index in [0.717, 1.165) is 5.56 Å². The Bertz CT molecular complexity index is 773. The zero-order chi connectivity index (χ0) is 17.9. The van der Waals surface area contributed by atoms with Crippen molar-refractivity contribution in [3.05, 3.63) is 57.0 Å². The summed E-state index contributed by atoms with van der Waals surface area (Å²) in [7, 11) is 0. The largest absolute Gasteiger partial charge is 0.324 e. The molecule has 0 saturated heterocycles. The third kappa shape index (κ3) is 4.87. The molecule has 7 heteroatoms. The number of nitrogens with one attached hydrogen (secondary N) is 1. The number of hydrogen-bond donors (Lipinski definition) is 1. The molecule has 2 rings (SSSR count). The van der Waals surface area contributed by atoms with Gasteiger partial charge in [0.2, 0.25) is 11.8 Å². The van der Waals surface area contributed by atoms with Gasteiger partial charge in [-0.2, -0.15) is 0 Å². The van der Waals surface area contributed by atoms with Gasteiger partial charge in [-0.1, -0.05) is 40.9 Å². The molecule has 0 saturated carbocycles. The van der Waals surface area contributed by atoms with E-state index in [4.69, 9.17) is 34.8 Å². The standard InChI is InChI=1S/C17H15Cl3N2O2/c1-10-3-4-12(18)8-16(10)21-17(24)9-22(11(2)23)15-6-13(19)5-14(20)7-15/h3-8H,9H2,1-2H3,(H,21,24). The number of halogens is 3. The second-order valence-corrected chi connectivity index (χ2v) is 6.55. The van der Waals surface area contributed by atoms with Crippen LogP contribution in [-0.2, 0) is 9.59 Å². The van der Waals surface area contributed by atoms with Crippen LogP contribution in [0.25, 0.3) is 0 Å². The summed E-state index contributed by atoms with van der Waals surface area (Å²) in [5.74, 6) is -0.655. The van der Waals surface area contributed by atoms with Gasteiger partial charge in [0.1, 0.15) is 6.54 Å². The molecule has 0 aliphatic carbocycles. The minimum Gasteiger partial charge on any atom is -0.324 e. The fourth-order valence-electron chi connectivity index (χ4n) is 2.14. The van der Waals surface area contributed by atoms with Crippen LogP contribution in [0.5, 0.6) is 0 Å². The Labute approximate surface area is 155 Å². The fourth-order valence-corrected chi connectivity index (χ4v) is 2.83. The lowest BCUT2D eigenvalue weighted by Crippen LogP contribution is -2.36. The molecule has 126 valence electrons. The van der Waals surface area contributed by atoms with Crippen LogP contribution >= 0.6 is 34.8 Å². The first kappa shape index (κ1) is 18.6. The number of carbonyl (C=O) groups excluding carboxylic acids is 2. The summed E-state index contributed by atoms with van der Waals surface area (Å²) in [4.78, 5) is 25.5. The van der Waals surface area contributed by atoms with Gasteiger partial charge in [0.05, 0.1) is 0 Å². The molecule has 0 unspecified atom stereocenters. The van der Waals surface area contributed by atoms with Crippen LogP contribution in [-0.4, -0.2) is 18.4 Å². The van der Waals surface area contributed by atoms with Gasteiger partial charge in [-0.3, -0.25) is 9.59 Å². The molecule has 0 spiro atoms. The quantitative estimate of drug-likeness (QED) is 0.810. The van der Waals surface area contributed by atoms with Gasteiger partial charge in [0.25, 0.3) is 0 Å². The molecular formula is C17H15Cl3N2O2. The second-order valence-electron chi connectivity index (χ2n) is 5.24. The molecule has 2 amide bonds. The van der Waals surface area contributed by atoms with Crippen molar-refractivity contribution < 1.29 is 9.59 Å². The Hall–Kier alpha value is -1.75. The monoisotopic (exact) mass is 384 g/mol. The molecule has 4 nitrogen and oxygen atoms in total. The second kappa shape index (κ2) is 7.88. The van der Waals surface area contributed by atoms with Gasteiger partial charge in [0, 0.05) is 33.4 Å². The van der Waals surface area contributed by atoms with Crippen LogP contribution in [0, 0.1) is 6.92 Å². The predicted molar refractivity (Wildman–Crippen MR) is 99.3 cm³/mol. The number of benzene rings is 2. The first-order chi connectivity index (χ1) is 11.3. The van der Waals surface area contributed by atoms with Crippen molar-refractivity contribution in [2.45, 2.75) is 13.8 Å².